The van der Waals surface area contributed by atoms with Crippen LogP contribution in [0.25, 0.3) is 6.08 Å². The zero-order valence-electron chi connectivity index (χ0n) is 16.4. The number of aromatic nitrogens is 2. The lowest BCUT2D eigenvalue weighted by Crippen LogP contribution is -2.29. The van der Waals surface area contributed by atoms with Gasteiger partial charge >= 0.3 is 0 Å². The van der Waals surface area contributed by atoms with Crippen molar-refractivity contribution in [1.82, 2.24) is 15.1 Å². The van der Waals surface area contributed by atoms with Crippen molar-refractivity contribution < 1.29 is 9.59 Å². The number of nitrogens with zero attached hydrogens (tertiary/aromatic N) is 3. The number of aryl methyl sites for hydroxylation is 1. The molecule has 0 unspecified atom stereocenters. The van der Waals surface area contributed by atoms with E-state index in [1.54, 1.807) is 17.0 Å². The molecule has 0 radical (unpaired) electrons. The lowest BCUT2D eigenvalue weighted by atomic mass is 10.2. The van der Waals surface area contributed by atoms with Crippen molar-refractivity contribution in [1.29, 1.82) is 0 Å². The fourth-order valence-electron chi connectivity index (χ4n) is 2.76. The van der Waals surface area contributed by atoms with Crippen LogP contribution in [0.15, 0.2) is 29.2 Å². The van der Waals surface area contributed by atoms with Gasteiger partial charge < -0.3 is 5.32 Å². The molecule has 0 aliphatic carbocycles. The number of thiocarbonyl (C=S) groups is 1. The minimum absolute atomic E-state index is 0.0645. The predicted molar refractivity (Wildman–Crippen MR) is 128 cm³/mol. The summed E-state index contributed by atoms with van der Waals surface area (Å²) >= 11 is 14.0. The smallest absolute Gasteiger partial charge is 0.266 e. The summed E-state index contributed by atoms with van der Waals surface area (Å²) < 4.78 is 0.570. The SMILES string of the molecule is CCc1nnc(NC(=O)CCCCCN2C(=O)C(=Cc3ccc(Cl)cc3)SC2=S)s1. The molecule has 6 nitrogen and oxygen atoms in total. The highest BCUT2D eigenvalue weighted by molar-refractivity contribution is 8.26. The number of hydrogen-bond donors (Lipinski definition) is 1. The van der Waals surface area contributed by atoms with E-state index in [1.807, 2.05) is 25.1 Å². The number of anilines is 1. The Bertz CT molecular complexity index is 959. The van der Waals surface area contributed by atoms with Gasteiger partial charge in [-0.2, -0.15) is 0 Å². The summed E-state index contributed by atoms with van der Waals surface area (Å²) in [4.78, 5) is 26.9. The summed E-state index contributed by atoms with van der Waals surface area (Å²) in [5.41, 5.74) is 0.910. The summed E-state index contributed by atoms with van der Waals surface area (Å²) in [6.45, 7) is 2.55. The Morgan fingerprint density at radius 2 is 2.00 bits per heavy atom. The van der Waals surface area contributed by atoms with E-state index in [0.29, 0.717) is 32.3 Å². The van der Waals surface area contributed by atoms with Crippen LogP contribution in [-0.4, -0.2) is 37.8 Å². The largest absolute Gasteiger partial charge is 0.301 e. The molecule has 30 heavy (non-hydrogen) atoms. The van der Waals surface area contributed by atoms with Crippen LogP contribution in [0.3, 0.4) is 0 Å². The quantitative estimate of drug-likeness (QED) is 0.304. The molecule has 158 valence electrons. The Balaban J connectivity index is 1.40. The van der Waals surface area contributed by atoms with Gasteiger partial charge in [0.15, 0.2) is 0 Å². The molecule has 1 aromatic heterocycles. The minimum atomic E-state index is -0.0688. The van der Waals surface area contributed by atoms with Gasteiger partial charge in [0, 0.05) is 18.0 Å². The lowest BCUT2D eigenvalue weighted by Gasteiger charge is -2.13. The number of thioether (sulfide) groups is 1. The van der Waals surface area contributed by atoms with E-state index in [0.717, 1.165) is 36.3 Å². The van der Waals surface area contributed by atoms with Crippen molar-refractivity contribution in [3.63, 3.8) is 0 Å². The van der Waals surface area contributed by atoms with Crippen LogP contribution >= 0.6 is 46.9 Å². The number of unbranched alkanes of at least 4 members (excludes halogenated alkanes) is 2. The number of halogens is 1. The molecule has 1 aromatic carbocycles. The molecule has 0 saturated carbocycles. The molecule has 10 heteroatoms. The molecule has 1 aliphatic heterocycles. The zero-order valence-corrected chi connectivity index (χ0v) is 19.6. The second-order valence-corrected chi connectivity index (χ2v) is 9.77. The first-order chi connectivity index (χ1) is 14.5. The van der Waals surface area contributed by atoms with Crippen molar-refractivity contribution >= 4 is 74.3 Å². The van der Waals surface area contributed by atoms with Crippen LogP contribution < -0.4 is 5.32 Å². The summed E-state index contributed by atoms with van der Waals surface area (Å²) in [5.74, 6) is -0.133. The third kappa shape index (κ3) is 6.34. The van der Waals surface area contributed by atoms with E-state index in [9.17, 15) is 9.59 Å². The molecule has 0 bridgehead atoms. The van der Waals surface area contributed by atoms with Crippen molar-refractivity contribution in [2.45, 2.75) is 39.0 Å². The molecule has 0 atom stereocenters. The van der Waals surface area contributed by atoms with Gasteiger partial charge in [-0.3, -0.25) is 14.5 Å². The lowest BCUT2D eigenvalue weighted by molar-refractivity contribution is -0.122. The monoisotopic (exact) mass is 480 g/mol. The minimum Gasteiger partial charge on any atom is -0.301 e. The molecular weight excluding hydrogens is 460 g/mol. The maximum absolute atomic E-state index is 12.6. The average molecular weight is 481 g/mol. The molecule has 1 fully saturated rings. The predicted octanol–water partition coefficient (Wildman–Crippen LogP) is 5.15. The van der Waals surface area contributed by atoms with E-state index < -0.39 is 0 Å². The van der Waals surface area contributed by atoms with E-state index in [1.165, 1.54) is 23.1 Å². The second kappa shape index (κ2) is 11.0. The number of carbonyl (C=O) groups is 2. The van der Waals surface area contributed by atoms with Crippen molar-refractivity contribution in [3.05, 3.63) is 44.8 Å². The molecule has 0 spiro atoms. The fraction of sp³-hybridized carbons (Fsp3) is 0.350. The first-order valence-electron chi connectivity index (χ1n) is 9.59. The number of amides is 2. The highest BCUT2D eigenvalue weighted by Crippen LogP contribution is 2.33. The number of hydrogen-bond acceptors (Lipinski definition) is 7. The van der Waals surface area contributed by atoms with Crippen LogP contribution in [0.5, 0.6) is 0 Å². The Morgan fingerprint density at radius 1 is 1.23 bits per heavy atom. The van der Waals surface area contributed by atoms with Gasteiger partial charge in [-0.05, 0) is 43.0 Å². The number of carbonyl (C=O) groups excluding carboxylic acids is 2. The molecule has 1 aliphatic rings. The molecule has 2 heterocycles. The van der Waals surface area contributed by atoms with Gasteiger partial charge in [-0.15, -0.1) is 10.2 Å². The summed E-state index contributed by atoms with van der Waals surface area (Å²) in [6.07, 6.45) is 5.40. The van der Waals surface area contributed by atoms with Crippen LogP contribution in [0.2, 0.25) is 5.02 Å². The van der Waals surface area contributed by atoms with Crippen LogP contribution in [0.1, 0.15) is 43.2 Å². The summed E-state index contributed by atoms with van der Waals surface area (Å²) in [5, 5.41) is 12.8. The van der Waals surface area contributed by atoms with E-state index in [2.05, 4.69) is 15.5 Å². The normalized spacial score (nSPS) is 15.3. The van der Waals surface area contributed by atoms with E-state index in [-0.39, 0.29) is 11.8 Å². The summed E-state index contributed by atoms with van der Waals surface area (Å²) in [7, 11) is 0. The van der Waals surface area contributed by atoms with Crippen LogP contribution in [0.4, 0.5) is 5.13 Å². The van der Waals surface area contributed by atoms with Gasteiger partial charge in [0.1, 0.15) is 9.33 Å². The van der Waals surface area contributed by atoms with Gasteiger partial charge in [-0.1, -0.05) is 72.4 Å². The fourth-order valence-corrected chi connectivity index (χ4v) is 4.89. The maximum atomic E-state index is 12.6. The standard InChI is InChI=1S/C20H21ClN4O2S3/c1-2-17-23-24-19(30-17)22-16(26)6-4-3-5-11-25-18(27)15(29-20(25)28)12-13-7-9-14(21)10-8-13/h7-10,12H,2-6,11H2,1H3,(H,22,24,26). The molecule has 2 amide bonds. The Labute approximate surface area is 194 Å². The topological polar surface area (TPSA) is 75.2 Å². The highest BCUT2D eigenvalue weighted by atomic mass is 35.5. The number of rotatable bonds is 9. The van der Waals surface area contributed by atoms with Crippen LogP contribution in [0, 0.1) is 0 Å². The molecule has 1 N–H and O–H groups in total. The number of benzene rings is 1. The first kappa shape index (κ1) is 22.9. The zero-order chi connectivity index (χ0) is 21.5. The van der Waals surface area contributed by atoms with Gasteiger partial charge in [-0.25, -0.2) is 0 Å². The van der Waals surface area contributed by atoms with E-state index in [4.69, 9.17) is 23.8 Å². The van der Waals surface area contributed by atoms with Crippen LogP contribution in [-0.2, 0) is 16.0 Å². The van der Waals surface area contributed by atoms with Crippen molar-refractivity contribution in [3.8, 4) is 0 Å². The van der Waals surface area contributed by atoms with Gasteiger partial charge in [0.05, 0.1) is 4.91 Å². The molecule has 3 rings (SSSR count). The van der Waals surface area contributed by atoms with Gasteiger partial charge in [0.25, 0.3) is 5.91 Å². The van der Waals surface area contributed by atoms with Gasteiger partial charge in [0.2, 0.25) is 11.0 Å². The maximum Gasteiger partial charge on any atom is 0.266 e. The number of nitrogens with one attached hydrogen (secondary N) is 1. The Kier molecular flexibility index (Phi) is 8.38. The molecule has 2 aromatic rings. The Hall–Kier alpha value is -1.81. The average Bonchev–Trinajstić information content (AvgIpc) is 3.28. The molecular formula is C20H21ClN4O2S3. The van der Waals surface area contributed by atoms with Crippen molar-refractivity contribution in [2.24, 2.45) is 0 Å². The van der Waals surface area contributed by atoms with E-state index >= 15 is 0 Å². The molecule has 1 saturated heterocycles. The van der Waals surface area contributed by atoms with Crippen molar-refractivity contribution in [2.75, 3.05) is 11.9 Å². The summed E-state index contributed by atoms with van der Waals surface area (Å²) in [6, 6.07) is 7.31. The Morgan fingerprint density at radius 3 is 2.70 bits per heavy atom. The third-order valence-corrected chi connectivity index (χ3v) is 6.96. The second-order valence-electron chi connectivity index (χ2n) is 6.60. The first-order valence-corrected chi connectivity index (χ1v) is 12.0. The highest BCUT2D eigenvalue weighted by Gasteiger charge is 2.31. The third-order valence-electron chi connectivity index (χ3n) is 4.34.